The number of piperidine rings is 1. The summed E-state index contributed by atoms with van der Waals surface area (Å²) in [4.78, 5) is 26.2. The lowest BCUT2D eigenvalue weighted by molar-refractivity contribution is -0.131. The van der Waals surface area contributed by atoms with Gasteiger partial charge in [0.15, 0.2) is 5.16 Å². The molecule has 0 radical (unpaired) electrons. The Labute approximate surface area is 163 Å². The minimum atomic E-state index is -0.366. The zero-order valence-electron chi connectivity index (χ0n) is 15.5. The van der Waals surface area contributed by atoms with Crippen molar-refractivity contribution in [3.63, 3.8) is 0 Å². The number of hydrogen-bond acceptors (Lipinski definition) is 5. The van der Waals surface area contributed by atoms with Crippen molar-refractivity contribution in [1.82, 2.24) is 19.7 Å². The van der Waals surface area contributed by atoms with Gasteiger partial charge < -0.3 is 15.2 Å². The third kappa shape index (κ3) is 4.88. The number of aryl methyl sites for hydroxylation is 1. The van der Waals surface area contributed by atoms with Crippen LogP contribution in [0.15, 0.2) is 35.5 Å². The van der Waals surface area contributed by atoms with Gasteiger partial charge in [-0.3, -0.25) is 9.59 Å². The largest absolute Gasteiger partial charge is 0.370 e. The maximum atomic E-state index is 13.2. The summed E-state index contributed by atoms with van der Waals surface area (Å²) in [6.07, 6.45) is 3.96. The number of rotatable bonds is 7. The topological polar surface area (TPSA) is 94.1 Å². The molecule has 1 aliphatic rings. The van der Waals surface area contributed by atoms with Gasteiger partial charge in [0.2, 0.25) is 11.8 Å². The highest BCUT2D eigenvalue weighted by molar-refractivity contribution is 8.00. The first-order valence-corrected chi connectivity index (χ1v) is 10.1. The van der Waals surface area contributed by atoms with E-state index in [1.807, 2.05) is 46.8 Å². The number of benzene rings is 1. The summed E-state index contributed by atoms with van der Waals surface area (Å²) in [5.74, 6) is 0.441. The van der Waals surface area contributed by atoms with Gasteiger partial charge in [-0.25, -0.2) is 0 Å². The monoisotopic (exact) mass is 387 g/mol. The van der Waals surface area contributed by atoms with Crippen LogP contribution in [-0.4, -0.2) is 44.6 Å². The molecule has 2 heterocycles. The van der Waals surface area contributed by atoms with Gasteiger partial charge in [-0.2, -0.15) is 0 Å². The molecular formula is C19H25N5O2S. The molecule has 144 valence electrons. The van der Waals surface area contributed by atoms with Crippen molar-refractivity contribution < 1.29 is 9.59 Å². The Hall–Kier alpha value is -2.35. The molecule has 27 heavy (non-hydrogen) atoms. The maximum absolute atomic E-state index is 13.2. The minimum absolute atomic E-state index is 0.118. The highest BCUT2D eigenvalue weighted by Crippen LogP contribution is 2.36. The van der Waals surface area contributed by atoms with Crippen molar-refractivity contribution in [2.24, 2.45) is 12.8 Å². The Bertz CT molecular complexity index is 787. The van der Waals surface area contributed by atoms with Crippen LogP contribution in [0.25, 0.3) is 0 Å². The number of primary amides is 1. The van der Waals surface area contributed by atoms with Crippen LogP contribution in [0, 0.1) is 0 Å². The van der Waals surface area contributed by atoms with E-state index in [0.717, 1.165) is 31.5 Å². The molecule has 0 aliphatic carbocycles. The van der Waals surface area contributed by atoms with Gasteiger partial charge in [0.05, 0.1) is 0 Å². The van der Waals surface area contributed by atoms with Gasteiger partial charge in [0.25, 0.3) is 0 Å². The molecular weight excluding hydrogens is 362 g/mol. The standard InChI is InChI=1S/C19H25N5O2S/c1-23-16(11-10-15(20)25)21-22-19(23)27-17(14-8-4-2-5-9-14)18(26)24-12-6-3-7-13-24/h2,4-5,8-9,17H,3,6-7,10-13H2,1H3,(H2,20,25)/t17-/m1/s1. The average molecular weight is 388 g/mol. The second kappa shape index (κ2) is 9.03. The van der Waals surface area contributed by atoms with Crippen molar-refractivity contribution in [1.29, 1.82) is 0 Å². The number of aromatic nitrogens is 3. The van der Waals surface area contributed by atoms with Crippen LogP contribution >= 0.6 is 11.8 Å². The highest BCUT2D eigenvalue weighted by atomic mass is 32.2. The predicted molar refractivity (Wildman–Crippen MR) is 104 cm³/mol. The fourth-order valence-corrected chi connectivity index (χ4v) is 4.28. The number of likely N-dealkylation sites (tertiary alicyclic amines) is 1. The zero-order chi connectivity index (χ0) is 19.2. The minimum Gasteiger partial charge on any atom is -0.370 e. The Morgan fingerprint density at radius 2 is 1.85 bits per heavy atom. The van der Waals surface area contributed by atoms with Crippen LogP contribution in [0.5, 0.6) is 0 Å². The fraction of sp³-hybridized carbons (Fsp3) is 0.474. The summed E-state index contributed by atoms with van der Waals surface area (Å²) in [6.45, 7) is 1.62. The van der Waals surface area contributed by atoms with Crippen molar-refractivity contribution in [3.05, 3.63) is 41.7 Å². The van der Waals surface area contributed by atoms with E-state index in [0.29, 0.717) is 17.4 Å². The number of hydrogen-bond donors (Lipinski definition) is 1. The number of nitrogens with two attached hydrogens (primary N) is 1. The normalized spacial score (nSPS) is 15.5. The van der Waals surface area contributed by atoms with Crippen molar-refractivity contribution in [2.75, 3.05) is 13.1 Å². The Balaban J connectivity index is 1.81. The molecule has 7 nitrogen and oxygen atoms in total. The number of thioether (sulfide) groups is 1. The summed E-state index contributed by atoms with van der Waals surface area (Å²) >= 11 is 1.41. The molecule has 2 aromatic rings. The van der Waals surface area contributed by atoms with Gasteiger partial charge in [-0.1, -0.05) is 42.1 Å². The first-order valence-electron chi connectivity index (χ1n) is 9.23. The van der Waals surface area contributed by atoms with Crippen LogP contribution in [0.4, 0.5) is 0 Å². The van der Waals surface area contributed by atoms with E-state index in [4.69, 9.17) is 5.73 Å². The molecule has 1 fully saturated rings. The van der Waals surface area contributed by atoms with Crippen LogP contribution < -0.4 is 5.73 Å². The Morgan fingerprint density at radius 3 is 2.52 bits per heavy atom. The first kappa shape index (κ1) is 19.4. The van der Waals surface area contributed by atoms with Gasteiger partial charge in [0, 0.05) is 33.0 Å². The number of nitrogens with zero attached hydrogens (tertiary/aromatic N) is 4. The molecule has 1 saturated heterocycles. The van der Waals surface area contributed by atoms with E-state index in [-0.39, 0.29) is 23.5 Å². The Kier molecular flexibility index (Phi) is 6.49. The smallest absolute Gasteiger partial charge is 0.240 e. The lowest BCUT2D eigenvalue weighted by Gasteiger charge is -2.30. The van der Waals surface area contributed by atoms with Gasteiger partial charge in [0.1, 0.15) is 11.1 Å². The molecule has 1 atom stereocenters. The van der Waals surface area contributed by atoms with E-state index < -0.39 is 0 Å². The zero-order valence-corrected chi connectivity index (χ0v) is 16.3. The van der Waals surface area contributed by atoms with Crippen molar-refractivity contribution in [3.8, 4) is 0 Å². The summed E-state index contributed by atoms with van der Waals surface area (Å²) in [5, 5.41) is 8.70. The van der Waals surface area contributed by atoms with Gasteiger partial charge in [-0.15, -0.1) is 10.2 Å². The molecule has 0 unspecified atom stereocenters. The van der Waals surface area contributed by atoms with Crippen molar-refractivity contribution >= 4 is 23.6 Å². The lowest BCUT2D eigenvalue weighted by atomic mass is 10.1. The molecule has 0 saturated carbocycles. The number of carbonyl (C=O) groups excluding carboxylic acids is 2. The average Bonchev–Trinajstić information content (AvgIpc) is 3.04. The third-order valence-electron chi connectivity index (χ3n) is 4.74. The molecule has 0 bridgehead atoms. The van der Waals surface area contributed by atoms with Gasteiger partial charge in [-0.05, 0) is 24.8 Å². The quantitative estimate of drug-likeness (QED) is 0.734. The van der Waals surface area contributed by atoms with Crippen LogP contribution in [0.3, 0.4) is 0 Å². The number of amides is 2. The van der Waals surface area contributed by atoms with Crippen molar-refractivity contribution in [2.45, 2.75) is 42.5 Å². The summed E-state index contributed by atoms with van der Waals surface area (Å²) in [5.41, 5.74) is 6.18. The lowest BCUT2D eigenvalue weighted by Crippen LogP contribution is -2.38. The maximum Gasteiger partial charge on any atom is 0.240 e. The first-order chi connectivity index (χ1) is 13.1. The second-order valence-electron chi connectivity index (χ2n) is 6.72. The van der Waals surface area contributed by atoms with E-state index in [1.165, 1.54) is 18.2 Å². The van der Waals surface area contributed by atoms with Crippen LogP contribution in [0.1, 0.15) is 42.3 Å². The Morgan fingerprint density at radius 1 is 1.15 bits per heavy atom. The highest BCUT2D eigenvalue weighted by Gasteiger charge is 2.29. The van der Waals surface area contributed by atoms with E-state index in [9.17, 15) is 9.59 Å². The summed E-state index contributed by atoms with van der Waals surface area (Å²) < 4.78 is 1.84. The predicted octanol–water partition coefficient (Wildman–Crippen LogP) is 2.08. The molecule has 1 aliphatic heterocycles. The van der Waals surface area contributed by atoms with E-state index in [1.54, 1.807) is 0 Å². The summed E-state index contributed by atoms with van der Waals surface area (Å²) in [6, 6.07) is 9.79. The van der Waals surface area contributed by atoms with Gasteiger partial charge >= 0.3 is 0 Å². The molecule has 0 spiro atoms. The third-order valence-corrected chi connectivity index (χ3v) is 6.01. The van der Waals surface area contributed by atoms with E-state index >= 15 is 0 Å². The molecule has 3 rings (SSSR count). The molecule has 1 aromatic heterocycles. The fourth-order valence-electron chi connectivity index (χ4n) is 3.17. The SMILES string of the molecule is Cn1c(CCC(N)=O)nnc1S[C@@H](C(=O)N1CCCCC1)c1ccccc1. The molecule has 2 N–H and O–H groups in total. The van der Waals surface area contributed by atoms with Crippen LogP contribution in [-0.2, 0) is 23.1 Å². The molecule has 1 aromatic carbocycles. The molecule has 2 amide bonds. The summed E-state index contributed by atoms with van der Waals surface area (Å²) in [7, 11) is 1.85. The molecule has 8 heteroatoms. The van der Waals surface area contributed by atoms with E-state index in [2.05, 4.69) is 10.2 Å². The second-order valence-corrected chi connectivity index (χ2v) is 7.79. The number of carbonyl (C=O) groups is 2. The van der Waals surface area contributed by atoms with Crippen LogP contribution in [0.2, 0.25) is 0 Å².